The quantitative estimate of drug-likeness (QED) is 0.492. The van der Waals surface area contributed by atoms with Crippen molar-refractivity contribution in [2.24, 2.45) is 0 Å². The Hall–Kier alpha value is -2.56. The van der Waals surface area contributed by atoms with Crippen LogP contribution < -0.4 is 5.32 Å². The molecule has 1 fully saturated rings. The molecule has 1 atom stereocenters. The number of alkyl halides is 2. The predicted molar refractivity (Wildman–Crippen MR) is 134 cm³/mol. The third kappa shape index (κ3) is 5.82. The average Bonchev–Trinajstić information content (AvgIpc) is 2.79. The Morgan fingerprint density at radius 2 is 1.80 bits per heavy atom. The first-order valence-corrected chi connectivity index (χ1v) is 14.7. The molecule has 188 valence electrons. The normalized spacial score (nSPS) is 18.5. The van der Waals surface area contributed by atoms with Crippen LogP contribution >= 0.6 is 11.6 Å². The van der Waals surface area contributed by atoms with Gasteiger partial charge >= 0.3 is 0 Å². The number of likely N-dealkylation sites (tertiary alicyclic amines) is 1. The first kappa shape index (κ1) is 25.5. The van der Waals surface area contributed by atoms with E-state index in [-0.39, 0.29) is 37.6 Å². The number of fused-ring (bicyclic) bond motifs is 1. The number of aromatic nitrogens is 3. The molecule has 1 aromatic carbocycles. The molecule has 0 aliphatic carbocycles. The lowest BCUT2D eigenvalue weighted by Crippen LogP contribution is -2.45. The second-order valence-electron chi connectivity index (χ2n) is 9.83. The van der Waals surface area contributed by atoms with Gasteiger partial charge in [0.2, 0.25) is 0 Å². The maximum Gasteiger partial charge on any atom is 0.253 e. The van der Waals surface area contributed by atoms with Crippen LogP contribution in [0, 0.1) is 0 Å². The molecule has 1 aliphatic rings. The number of amides is 1. The molecule has 0 spiro atoms. The van der Waals surface area contributed by atoms with Crippen molar-refractivity contribution in [3.8, 4) is 0 Å². The molecular formula is C24H28ClF2N5O2S. The van der Waals surface area contributed by atoms with E-state index in [4.69, 9.17) is 11.6 Å². The predicted octanol–water partition coefficient (Wildman–Crippen LogP) is 3.95. The maximum atomic E-state index is 13.8. The lowest BCUT2D eigenvalue weighted by molar-refractivity contribution is -0.0632. The minimum atomic E-state index is -3.15. The van der Waals surface area contributed by atoms with Crippen LogP contribution in [0.2, 0.25) is 5.02 Å². The Kier molecular flexibility index (Phi) is 6.67. The molecule has 7 nitrogen and oxygen atoms in total. The second kappa shape index (κ2) is 9.15. The Balaban J connectivity index is 1.61. The number of nitrogens with one attached hydrogen (secondary N) is 1. The summed E-state index contributed by atoms with van der Waals surface area (Å²) in [5.41, 5.74) is 1.58. The van der Waals surface area contributed by atoms with Crippen molar-refractivity contribution in [1.29, 1.82) is 0 Å². The zero-order valence-electron chi connectivity index (χ0n) is 19.8. The lowest BCUT2D eigenvalue weighted by Gasteiger charge is -2.37. The van der Waals surface area contributed by atoms with Crippen molar-refractivity contribution in [2.75, 3.05) is 38.4 Å². The van der Waals surface area contributed by atoms with E-state index in [0.29, 0.717) is 27.1 Å². The minimum absolute atomic E-state index is 0.129. The van der Waals surface area contributed by atoms with Crippen molar-refractivity contribution in [2.45, 2.75) is 30.0 Å². The average molecular weight is 524 g/mol. The first-order chi connectivity index (χ1) is 16.3. The van der Waals surface area contributed by atoms with Crippen LogP contribution in [0.15, 0.2) is 48.0 Å². The number of piperidine rings is 1. The Labute approximate surface area is 207 Å². The van der Waals surface area contributed by atoms with Crippen molar-refractivity contribution < 1.29 is 17.8 Å². The number of rotatable bonds is 6. The molecule has 2 aromatic heterocycles. The van der Waals surface area contributed by atoms with Crippen LogP contribution in [0.4, 0.5) is 8.78 Å². The van der Waals surface area contributed by atoms with Crippen molar-refractivity contribution in [3.05, 3.63) is 59.0 Å². The van der Waals surface area contributed by atoms with Gasteiger partial charge in [-0.2, -0.15) is 0 Å². The van der Waals surface area contributed by atoms with E-state index in [0.717, 1.165) is 0 Å². The molecule has 1 amide bonds. The highest BCUT2D eigenvalue weighted by atomic mass is 35.5. The second-order valence-corrected chi connectivity index (χ2v) is 15.4. The van der Waals surface area contributed by atoms with E-state index < -0.39 is 26.9 Å². The van der Waals surface area contributed by atoms with Gasteiger partial charge in [-0.15, -0.1) is 0 Å². The van der Waals surface area contributed by atoms with Crippen LogP contribution in [0.3, 0.4) is 0 Å². The highest BCUT2D eigenvalue weighted by molar-refractivity contribution is 8.18. The van der Waals surface area contributed by atoms with Crippen LogP contribution in [0.1, 0.15) is 34.8 Å². The van der Waals surface area contributed by atoms with E-state index >= 15 is 0 Å². The Morgan fingerprint density at radius 3 is 2.43 bits per heavy atom. The number of benzene rings is 1. The Morgan fingerprint density at radius 1 is 1.14 bits per heavy atom. The van der Waals surface area contributed by atoms with Gasteiger partial charge in [0.15, 0.2) is 5.16 Å². The smallest absolute Gasteiger partial charge is 0.253 e. The lowest BCUT2D eigenvalue weighted by atomic mass is 10.0. The molecule has 11 heteroatoms. The third-order valence-corrected chi connectivity index (χ3v) is 7.81. The van der Waals surface area contributed by atoms with Crippen molar-refractivity contribution >= 4 is 37.5 Å². The van der Waals surface area contributed by atoms with E-state index in [9.17, 15) is 17.8 Å². The van der Waals surface area contributed by atoms with E-state index in [2.05, 4.69) is 20.3 Å². The first-order valence-electron chi connectivity index (χ1n) is 11.2. The minimum Gasteiger partial charge on any atom is -0.350 e. The highest BCUT2D eigenvalue weighted by Crippen LogP contribution is 2.33. The van der Waals surface area contributed by atoms with E-state index in [1.165, 1.54) is 0 Å². The fourth-order valence-electron chi connectivity index (χ4n) is 4.11. The number of halogens is 3. The number of carbonyl (C=O) groups excluding carboxylic acids is 1. The summed E-state index contributed by atoms with van der Waals surface area (Å²) in [5.74, 6) is -3.10. The summed E-state index contributed by atoms with van der Waals surface area (Å²) in [4.78, 5) is 28.0. The van der Waals surface area contributed by atoms with Gasteiger partial charge in [-0.25, -0.2) is 18.7 Å². The molecule has 4 rings (SSSR count). The van der Waals surface area contributed by atoms with Gasteiger partial charge in [-0.05, 0) is 46.0 Å². The molecule has 1 saturated heterocycles. The van der Waals surface area contributed by atoms with Gasteiger partial charge in [-0.3, -0.25) is 18.9 Å². The maximum absolute atomic E-state index is 13.8. The molecule has 0 radical (unpaired) electrons. The summed E-state index contributed by atoms with van der Waals surface area (Å²) in [6, 6.07) is 6.41. The zero-order chi connectivity index (χ0) is 25.5. The third-order valence-electron chi connectivity index (χ3n) is 6.04. The monoisotopic (exact) mass is 523 g/mol. The summed E-state index contributed by atoms with van der Waals surface area (Å²) in [6.45, 7) is 0.440. The number of hydrogen-bond acceptors (Lipinski definition) is 6. The molecule has 3 aromatic rings. The number of nitrogens with zero attached hydrogens (tertiary/aromatic N) is 4. The topological polar surface area (TPSA) is 88.1 Å². The van der Waals surface area contributed by atoms with Gasteiger partial charge in [0, 0.05) is 62.0 Å². The van der Waals surface area contributed by atoms with Gasteiger partial charge in [0.05, 0.1) is 22.1 Å². The van der Waals surface area contributed by atoms with Crippen LogP contribution in [-0.4, -0.2) is 74.3 Å². The summed E-state index contributed by atoms with van der Waals surface area (Å²) >= 11 is 6.35. The van der Waals surface area contributed by atoms with E-state index in [1.54, 1.807) is 61.6 Å². The van der Waals surface area contributed by atoms with Gasteiger partial charge < -0.3 is 5.32 Å². The molecule has 0 saturated carbocycles. The SMILES string of the molecule is CS(C)(C)(=O)c1ncc(C(CNC(=O)c2c(Cl)ccc3ncccc23)N2CCC(F)(F)CC2)cn1. The van der Waals surface area contributed by atoms with Gasteiger partial charge in [-0.1, -0.05) is 17.7 Å². The highest BCUT2D eigenvalue weighted by Gasteiger charge is 2.37. The molecule has 1 unspecified atom stereocenters. The summed E-state index contributed by atoms with van der Waals surface area (Å²) < 4.78 is 40.5. The van der Waals surface area contributed by atoms with Gasteiger partial charge in [0.1, 0.15) is 0 Å². The van der Waals surface area contributed by atoms with Crippen molar-refractivity contribution in [3.63, 3.8) is 0 Å². The van der Waals surface area contributed by atoms with E-state index in [1.807, 2.05) is 4.90 Å². The summed E-state index contributed by atoms with van der Waals surface area (Å²) in [5, 5.41) is 4.05. The molecule has 1 N–H and O–H groups in total. The molecule has 35 heavy (non-hydrogen) atoms. The Bertz CT molecular complexity index is 1310. The molecular weight excluding hydrogens is 496 g/mol. The summed E-state index contributed by atoms with van der Waals surface area (Å²) in [7, 11) is -3.15. The fourth-order valence-corrected chi connectivity index (χ4v) is 5.19. The molecule has 0 bridgehead atoms. The van der Waals surface area contributed by atoms with Gasteiger partial charge in [0.25, 0.3) is 11.8 Å². The number of carbonyl (C=O) groups is 1. The number of pyridine rings is 1. The van der Waals surface area contributed by atoms with Crippen molar-refractivity contribution in [1.82, 2.24) is 25.2 Å². The molecule has 1 aliphatic heterocycles. The number of hydrogen-bond donors (Lipinski definition) is 1. The largest absolute Gasteiger partial charge is 0.350 e. The van der Waals surface area contributed by atoms with Crippen LogP contribution in [-0.2, 0) is 9.07 Å². The standard InChI is InChI=1S/C24H28ClF2N5O2S/c1-35(2,3,34)23-30-13-16(14-31-23)20(32-11-8-24(26,27)9-12-32)15-29-22(33)21-17-5-4-10-28-19(17)7-6-18(21)25/h4-7,10,13-14,20H,8-9,11-12,15H2,1-3H3,(H,29,33). The van der Waals surface area contributed by atoms with Crippen LogP contribution in [0.25, 0.3) is 10.9 Å². The zero-order valence-corrected chi connectivity index (χ0v) is 21.4. The van der Waals surface area contributed by atoms with Crippen LogP contribution in [0.5, 0.6) is 0 Å². The summed E-state index contributed by atoms with van der Waals surface area (Å²) in [6.07, 6.45) is 9.00. The molecule has 3 heterocycles. The fraction of sp³-hybridized carbons (Fsp3) is 0.417.